The van der Waals surface area contributed by atoms with E-state index in [1.165, 1.54) is 6.07 Å². The van der Waals surface area contributed by atoms with E-state index in [9.17, 15) is 4.39 Å². The van der Waals surface area contributed by atoms with Crippen molar-refractivity contribution in [1.82, 2.24) is 0 Å². The van der Waals surface area contributed by atoms with Gasteiger partial charge in [0.25, 0.3) is 0 Å². The first-order valence-electron chi connectivity index (χ1n) is 6.39. The average Bonchev–Trinajstić information content (AvgIpc) is 2.43. The molecule has 19 heavy (non-hydrogen) atoms. The zero-order valence-corrected chi connectivity index (χ0v) is 11.4. The summed E-state index contributed by atoms with van der Waals surface area (Å²) in [7, 11) is 1.66. The van der Waals surface area contributed by atoms with Crippen molar-refractivity contribution < 1.29 is 18.6 Å². The van der Waals surface area contributed by atoms with Crippen LogP contribution in [0.1, 0.15) is 17.5 Å². The first kappa shape index (κ1) is 16.0. The van der Waals surface area contributed by atoms with Gasteiger partial charge in [-0.1, -0.05) is 12.1 Å². The molecule has 0 bridgehead atoms. The second-order valence-electron chi connectivity index (χ2n) is 4.14. The fourth-order valence-corrected chi connectivity index (χ4v) is 1.54. The van der Waals surface area contributed by atoms with Gasteiger partial charge in [-0.2, -0.15) is 0 Å². The van der Waals surface area contributed by atoms with Crippen molar-refractivity contribution in [3.05, 3.63) is 35.1 Å². The van der Waals surface area contributed by atoms with E-state index in [0.29, 0.717) is 38.5 Å². The van der Waals surface area contributed by atoms with Crippen molar-refractivity contribution in [3.63, 3.8) is 0 Å². The summed E-state index contributed by atoms with van der Waals surface area (Å²) >= 11 is 0. The first-order valence-corrected chi connectivity index (χ1v) is 6.39. The number of methoxy groups -OCH3 is 1. The number of halogens is 1. The van der Waals surface area contributed by atoms with E-state index in [-0.39, 0.29) is 12.4 Å². The van der Waals surface area contributed by atoms with Crippen molar-refractivity contribution in [2.45, 2.75) is 19.6 Å². The van der Waals surface area contributed by atoms with E-state index in [0.717, 1.165) is 12.0 Å². The van der Waals surface area contributed by atoms with Crippen molar-refractivity contribution in [2.24, 2.45) is 5.73 Å². The van der Waals surface area contributed by atoms with Crippen LogP contribution < -0.4 is 5.73 Å². The molecule has 0 radical (unpaired) electrons. The Bertz CT molecular complexity index is 361. The van der Waals surface area contributed by atoms with Crippen LogP contribution in [0, 0.1) is 5.82 Å². The van der Waals surface area contributed by atoms with Gasteiger partial charge >= 0.3 is 0 Å². The third kappa shape index (κ3) is 6.63. The summed E-state index contributed by atoms with van der Waals surface area (Å²) in [6.45, 7) is 2.89. The molecule has 0 aliphatic carbocycles. The number of hydrogen-bond acceptors (Lipinski definition) is 4. The Morgan fingerprint density at radius 1 is 1.11 bits per heavy atom. The summed E-state index contributed by atoms with van der Waals surface area (Å²) < 4.78 is 29.1. The maximum atomic E-state index is 13.6. The summed E-state index contributed by atoms with van der Waals surface area (Å²) in [4.78, 5) is 0. The third-order valence-corrected chi connectivity index (χ3v) is 2.62. The van der Waals surface area contributed by atoms with E-state index in [2.05, 4.69) is 0 Å². The molecular formula is C14H22FNO3. The lowest BCUT2D eigenvalue weighted by Gasteiger charge is -2.07. The van der Waals surface area contributed by atoms with Gasteiger partial charge in [0.2, 0.25) is 0 Å². The molecule has 0 atom stereocenters. The molecule has 0 heterocycles. The van der Waals surface area contributed by atoms with Gasteiger partial charge in [0.1, 0.15) is 5.82 Å². The van der Waals surface area contributed by atoms with Gasteiger partial charge in [0.05, 0.1) is 19.8 Å². The second kappa shape index (κ2) is 9.86. The zero-order chi connectivity index (χ0) is 13.9. The standard InChI is InChI=1S/C14H22FNO3/c1-17-5-2-6-18-7-8-19-11-13-4-3-12(10-16)9-14(13)15/h3-4,9H,2,5-8,10-11,16H2,1H3. The number of benzene rings is 1. The molecule has 0 aromatic heterocycles. The molecule has 4 nitrogen and oxygen atoms in total. The lowest BCUT2D eigenvalue weighted by atomic mass is 10.1. The number of nitrogens with two attached hydrogens (primary N) is 1. The second-order valence-corrected chi connectivity index (χ2v) is 4.14. The minimum atomic E-state index is -0.274. The van der Waals surface area contributed by atoms with Gasteiger partial charge < -0.3 is 19.9 Å². The number of rotatable bonds is 10. The van der Waals surface area contributed by atoms with Crippen LogP contribution in [0.3, 0.4) is 0 Å². The summed E-state index contributed by atoms with van der Waals surface area (Å²) in [5.41, 5.74) is 6.75. The molecule has 0 spiro atoms. The molecule has 0 saturated carbocycles. The summed E-state index contributed by atoms with van der Waals surface area (Å²) in [6, 6.07) is 4.96. The molecule has 0 aliphatic heterocycles. The Labute approximate surface area is 113 Å². The van der Waals surface area contributed by atoms with Gasteiger partial charge in [-0.25, -0.2) is 4.39 Å². The van der Waals surface area contributed by atoms with Crippen LogP contribution in [0.25, 0.3) is 0 Å². The monoisotopic (exact) mass is 271 g/mol. The predicted octanol–water partition coefficient (Wildman–Crippen LogP) is 1.85. The van der Waals surface area contributed by atoms with Crippen LogP contribution in [-0.4, -0.2) is 33.5 Å². The largest absolute Gasteiger partial charge is 0.385 e. The molecule has 1 rings (SSSR count). The fraction of sp³-hybridized carbons (Fsp3) is 0.571. The Hall–Kier alpha value is -1.01. The smallest absolute Gasteiger partial charge is 0.129 e. The average molecular weight is 271 g/mol. The minimum Gasteiger partial charge on any atom is -0.385 e. The summed E-state index contributed by atoms with van der Waals surface area (Å²) in [6.07, 6.45) is 0.867. The van der Waals surface area contributed by atoms with Crippen LogP contribution in [0.4, 0.5) is 4.39 Å². The third-order valence-electron chi connectivity index (χ3n) is 2.62. The van der Waals surface area contributed by atoms with Gasteiger partial charge in [-0.15, -0.1) is 0 Å². The van der Waals surface area contributed by atoms with E-state index < -0.39 is 0 Å². The van der Waals surface area contributed by atoms with Gasteiger partial charge in [-0.3, -0.25) is 0 Å². The summed E-state index contributed by atoms with van der Waals surface area (Å²) in [5.74, 6) is -0.274. The highest BCUT2D eigenvalue weighted by Crippen LogP contribution is 2.11. The molecule has 2 N–H and O–H groups in total. The Kier molecular flexibility index (Phi) is 8.33. The van der Waals surface area contributed by atoms with Crippen LogP contribution in [0.5, 0.6) is 0 Å². The highest BCUT2D eigenvalue weighted by atomic mass is 19.1. The highest BCUT2D eigenvalue weighted by molar-refractivity contribution is 5.23. The highest BCUT2D eigenvalue weighted by Gasteiger charge is 2.03. The molecule has 0 unspecified atom stereocenters. The van der Waals surface area contributed by atoms with Crippen molar-refractivity contribution >= 4 is 0 Å². The number of ether oxygens (including phenoxy) is 3. The molecule has 0 amide bonds. The molecule has 1 aromatic rings. The van der Waals surface area contributed by atoms with E-state index in [1.54, 1.807) is 13.2 Å². The molecule has 0 aliphatic rings. The van der Waals surface area contributed by atoms with Crippen LogP contribution in [0.2, 0.25) is 0 Å². The van der Waals surface area contributed by atoms with Gasteiger partial charge in [0, 0.05) is 32.4 Å². The van der Waals surface area contributed by atoms with Crippen LogP contribution in [-0.2, 0) is 27.4 Å². The summed E-state index contributed by atoms with van der Waals surface area (Å²) in [5, 5.41) is 0. The Morgan fingerprint density at radius 2 is 1.89 bits per heavy atom. The maximum absolute atomic E-state index is 13.6. The van der Waals surface area contributed by atoms with Crippen molar-refractivity contribution in [1.29, 1.82) is 0 Å². The van der Waals surface area contributed by atoms with E-state index >= 15 is 0 Å². The quantitative estimate of drug-likeness (QED) is 0.660. The molecule has 108 valence electrons. The topological polar surface area (TPSA) is 53.7 Å². The van der Waals surface area contributed by atoms with Crippen LogP contribution in [0.15, 0.2) is 18.2 Å². The first-order chi connectivity index (χ1) is 9.27. The number of hydrogen-bond donors (Lipinski definition) is 1. The lowest BCUT2D eigenvalue weighted by molar-refractivity contribution is 0.0329. The SMILES string of the molecule is COCCCOCCOCc1ccc(CN)cc1F. The lowest BCUT2D eigenvalue weighted by Crippen LogP contribution is -2.07. The Morgan fingerprint density at radius 3 is 2.58 bits per heavy atom. The van der Waals surface area contributed by atoms with Gasteiger partial charge in [0.15, 0.2) is 0 Å². The van der Waals surface area contributed by atoms with E-state index in [4.69, 9.17) is 19.9 Å². The molecular weight excluding hydrogens is 249 g/mol. The molecule has 0 fully saturated rings. The molecule has 0 saturated heterocycles. The minimum absolute atomic E-state index is 0.248. The predicted molar refractivity (Wildman–Crippen MR) is 71.3 cm³/mol. The van der Waals surface area contributed by atoms with E-state index in [1.807, 2.05) is 6.07 Å². The van der Waals surface area contributed by atoms with Crippen molar-refractivity contribution in [2.75, 3.05) is 33.5 Å². The Balaban J connectivity index is 2.12. The fourth-order valence-electron chi connectivity index (χ4n) is 1.54. The molecule has 1 aromatic carbocycles. The van der Waals surface area contributed by atoms with Crippen molar-refractivity contribution in [3.8, 4) is 0 Å². The zero-order valence-electron chi connectivity index (χ0n) is 11.4. The van der Waals surface area contributed by atoms with Crippen LogP contribution >= 0.6 is 0 Å². The normalized spacial score (nSPS) is 10.9. The van der Waals surface area contributed by atoms with Gasteiger partial charge in [-0.05, 0) is 18.1 Å². The molecule has 5 heteroatoms. The maximum Gasteiger partial charge on any atom is 0.129 e.